The van der Waals surface area contributed by atoms with Crippen LogP contribution in [-0.4, -0.2) is 30.0 Å². The van der Waals surface area contributed by atoms with Gasteiger partial charge in [0.05, 0.1) is 0 Å². The van der Waals surface area contributed by atoms with Gasteiger partial charge in [-0.1, -0.05) is 20.3 Å². The summed E-state index contributed by atoms with van der Waals surface area (Å²) >= 11 is 0. The molecule has 0 aromatic carbocycles. The Kier molecular flexibility index (Phi) is 4.00. The van der Waals surface area contributed by atoms with E-state index in [1.165, 1.54) is 19.3 Å². The highest BCUT2D eigenvalue weighted by molar-refractivity contribution is 5.78. The van der Waals surface area contributed by atoms with E-state index in [4.69, 9.17) is 5.73 Å². The Balaban J connectivity index is 2.50. The molecule has 15 heavy (non-hydrogen) atoms. The molecule has 3 heteroatoms. The topological polar surface area (TPSA) is 41.6 Å². The van der Waals surface area contributed by atoms with Crippen LogP contribution in [0.25, 0.3) is 0 Å². The van der Waals surface area contributed by atoms with Crippen molar-refractivity contribution in [1.82, 2.24) is 4.90 Å². The molecule has 0 bridgehead atoms. The number of nitrogens with two attached hydrogens (primary N) is 1. The largest absolute Gasteiger partial charge is 0.370 e. The van der Waals surface area contributed by atoms with Crippen LogP contribution < -0.4 is 5.73 Å². The van der Waals surface area contributed by atoms with Crippen LogP contribution in [-0.2, 0) is 0 Å². The lowest BCUT2D eigenvalue weighted by atomic mass is 9.78. The fourth-order valence-electron chi connectivity index (χ4n) is 1.98. The fourth-order valence-corrected chi connectivity index (χ4v) is 1.98. The maximum absolute atomic E-state index is 5.96. The number of hydrogen-bond acceptors (Lipinski definition) is 1. The number of rotatable bonds is 2. The first-order chi connectivity index (χ1) is 6.97. The molecule has 0 aromatic heterocycles. The Morgan fingerprint density at radius 3 is 2.33 bits per heavy atom. The van der Waals surface area contributed by atoms with Crippen LogP contribution in [0.3, 0.4) is 0 Å². The highest BCUT2D eigenvalue weighted by Gasteiger charge is 2.28. The van der Waals surface area contributed by atoms with E-state index in [9.17, 15) is 0 Å². The summed E-state index contributed by atoms with van der Waals surface area (Å²) in [7, 11) is 0. The molecule has 0 spiro atoms. The number of nitrogens with zero attached hydrogens (tertiary/aromatic N) is 2. The minimum Gasteiger partial charge on any atom is -0.370 e. The summed E-state index contributed by atoms with van der Waals surface area (Å²) in [5, 5.41) is 0. The van der Waals surface area contributed by atoms with Crippen LogP contribution >= 0.6 is 0 Å². The van der Waals surface area contributed by atoms with E-state index < -0.39 is 0 Å². The maximum atomic E-state index is 5.96. The molecular weight excluding hydrogens is 186 g/mol. The second kappa shape index (κ2) is 4.86. The zero-order chi connectivity index (χ0) is 11.5. The van der Waals surface area contributed by atoms with Gasteiger partial charge in [0.2, 0.25) is 0 Å². The molecule has 0 saturated carbocycles. The molecule has 1 aliphatic heterocycles. The van der Waals surface area contributed by atoms with Crippen molar-refractivity contribution in [2.45, 2.75) is 53.0 Å². The summed E-state index contributed by atoms with van der Waals surface area (Å²) in [6.07, 6.45) is 3.73. The molecule has 0 radical (unpaired) electrons. The van der Waals surface area contributed by atoms with E-state index in [0.717, 1.165) is 19.0 Å². The Labute approximate surface area is 93.7 Å². The Hall–Kier alpha value is -0.730. The molecule has 2 N–H and O–H groups in total. The van der Waals surface area contributed by atoms with Crippen molar-refractivity contribution in [2.24, 2.45) is 16.1 Å². The monoisotopic (exact) mass is 211 g/mol. The smallest absolute Gasteiger partial charge is 0.191 e. The summed E-state index contributed by atoms with van der Waals surface area (Å²) in [6.45, 7) is 10.9. The zero-order valence-electron chi connectivity index (χ0n) is 10.6. The molecule has 1 heterocycles. The van der Waals surface area contributed by atoms with E-state index in [2.05, 4.69) is 37.6 Å². The van der Waals surface area contributed by atoms with Crippen LogP contribution in [0.5, 0.6) is 0 Å². The molecule has 1 saturated heterocycles. The summed E-state index contributed by atoms with van der Waals surface area (Å²) in [6, 6.07) is 0.296. The van der Waals surface area contributed by atoms with E-state index in [1.807, 2.05) is 0 Å². The minimum atomic E-state index is 0.296. The molecule has 0 atom stereocenters. The Morgan fingerprint density at radius 1 is 1.40 bits per heavy atom. The minimum absolute atomic E-state index is 0.296. The molecule has 0 unspecified atom stereocenters. The molecule has 0 amide bonds. The third kappa shape index (κ3) is 3.40. The number of aliphatic imine (C=N–C) groups is 1. The van der Waals surface area contributed by atoms with Gasteiger partial charge in [-0.05, 0) is 32.1 Å². The van der Waals surface area contributed by atoms with Crippen molar-refractivity contribution in [2.75, 3.05) is 13.1 Å². The molecule has 0 aliphatic carbocycles. The van der Waals surface area contributed by atoms with Gasteiger partial charge >= 0.3 is 0 Å². The van der Waals surface area contributed by atoms with E-state index in [0.29, 0.717) is 11.5 Å². The molecule has 1 aliphatic rings. The van der Waals surface area contributed by atoms with Crippen molar-refractivity contribution < 1.29 is 0 Å². The SMILES string of the molecule is CCC1(C)CCN(C(N)=NC(C)C)CC1. The summed E-state index contributed by atoms with van der Waals surface area (Å²) in [4.78, 5) is 6.61. The fraction of sp³-hybridized carbons (Fsp3) is 0.917. The van der Waals surface area contributed by atoms with Gasteiger partial charge in [-0.25, -0.2) is 0 Å². The maximum Gasteiger partial charge on any atom is 0.191 e. The average Bonchev–Trinajstić information content (AvgIpc) is 2.18. The van der Waals surface area contributed by atoms with Gasteiger partial charge in [-0.2, -0.15) is 0 Å². The standard InChI is InChI=1S/C12H25N3/c1-5-12(4)6-8-15(9-7-12)11(13)14-10(2)3/h10H,5-9H2,1-4H3,(H2,13,14). The quantitative estimate of drug-likeness (QED) is 0.562. The van der Waals surface area contributed by atoms with Crippen molar-refractivity contribution in [3.63, 3.8) is 0 Å². The molecule has 0 aromatic rings. The lowest BCUT2D eigenvalue weighted by molar-refractivity contribution is 0.161. The number of hydrogen-bond donors (Lipinski definition) is 1. The van der Waals surface area contributed by atoms with Gasteiger partial charge in [0.25, 0.3) is 0 Å². The molecule has 1 rings (SSSR count). The van der Waals surface area contributed by atoms with Gasteiger partial charge < -0.3 is 10.6 Å². The Bertz CT molecular complexity index is 225. The predicted molar refractivity (Wildman–Crippen MR) is 66.0 cm³/mol. The van der Waals surface area contributed by atoms with E-state index in [-0.39, 0.29) is 0 Å². The van der Waals surface area contributed by atoms with Crippen LogP contribution in [0.1, 0.15) is 47.0 Å². The highest BCUT2D eigenvalue weighted by atomic mass is 15.3. The van der Waals surface area contributed by atoms with Crippen molar-refractivity contribution in [1.29, 1.82) is 0 Å². The number of likely N-dealkylation sites (tertiary alicyclic amines) is 1. The van der Waals surface area contributed by atoms with Crippen molar-refractivity contribution in [3.8, 4) is 0 Å². The molecule has 1 fully saturated rings. The first-order valence-corrected chi connectivity index (χ1v) is 6.05. The van der Waals surface area contributed by atoms with Gasteiger partial charge in [-0.15, -0.1) is 0 Å². The predicted octanol–water partition coefficient (Wildman–Crippen LogP) is 2.22. The average molecular weight is 211 g/mol. The summed E-state index contributed by atoms with van der Waals surface area (Å²) in [5.74, 6) is 0.725. The molecule has 88 valence electrons. The van der Waals surface area contributed by atoms with Crippen LogP contribution in [0.4, 0.5) is 0 Å². The normalized spacial score (nSPS) is 22.2. The van der Waals surface area contributed by atoms with Crippen LogP contribution in [0.15, 0.2) is 4.99 Å². The van der Waals surface area contributed by atoms with Crippen molar-refractivity contribution in [3.05, 3.63) is 0 Å². The number of guanidine groups is 1. The lowest BCUT2D eigenvalue weighted by Crippen LogP contribution is -2.45. The van der Waals surface area contributed by atoms with Gasteiger partial charge in [0.1, 0.15) is 0 Å². The van der Waals surface area contributed by atoms with Gasteiger partial charge in [-0.3, -0.25) is 4.99 Å². The third-order valence-corrected chi connectivity index (χ3v) is 3.54. The van der Waals surface area contributed by atoms with Gasteiger partial charge in [0.15, 0.2) is 5.96 Å². The summed E-state index contributed by atoms with van der Waals surface area (Å²) in [5.41, 5.74) is 6.48. The van der Waals surface area contributed by atoms with Crippen LogP contribution in [0.2, 0.25) is 0 Å². The third-order valence-electron chi connectivity index (χ3n) is 3.54. The number of piperidine rings is 1. The molecule has 3 nitrogen and oxygen atoms in total. The van der Waals surface area contributed by atoms with Crippen molar-refractivity contribution >= 4 is 5.96 Å². The van der Waals surface area contributed by atoms with Gasteiger partial charge in [0, 0.05) is 19.1 Å². The molecular formula is C12H25N3. The Morgan fingerprint density at radius 2 is 1.93 bits per heavy atom. The summed E-state index contributed by atoms with van der Waals surface area (Å²) < 4.78 is 0. The van der Waals surface area contributed by atoms with Crippen LogP contribution in [0, 0.1) is 5.41 Å². The first-order valence-electron chi connectivity index (χ1n) is 6.05. The van der Waals surface area contributed by atoms with E-state index in [1.54, 1.807) is 0 Å². The van der Waals surface area contributed by atoms with E-state index >= 15 is 0 Å². The first kappa shape index (κ1) is 12.3. The second-order valence-corrected chi connectivity index (χ2v) is 5.23. The second-order valence-electron chi connectivity index (χ2n) is 5.23. The highest BCUT2D eigenvalue weighted by Crippen LogP contribution is 2.33. The zero-order valence-corrected chi connectivity index (χ0v) is 10.6. The lowest BCUT2D eigenvalue weighted by Gasteiger charge is -2.39.